The average Bonchev–Trinajstić information content (AvgIpc) is 2.96. The lowest BCUT2D eigenvalue weighted by Gasteiger charge is -2.20. The van der Waals surface area contributed by atoms with Crippen molar-refractivity contribution in [1.82, 2.24) is 19.2 Å². The lowest BCUT2D eigenvalue weighted by Crippen LogP contribution is -2.21. The Morgan fingerprint density at radius 3 is 2.73 bits per heavy atom. The normalized spacial score (nSPS) is 15.6. The summed E-state index contributed by atoms with van der Waals surface area (Å²) in [6.45, 7) is 0.0747. The molecule has 26 heavy (non-hydrogen) atoms. The molecule has 0 aliphatic heterocycles. The van der Waals surface area contributed by atoms with Crippen molar-refractivity contribution in [2.24, 2.45) is 0 Å². The minimum atomic E-state index is -0.936. The number of hydrogen-bond donors (Lipinski definition) is 0. The maximum absolute atomic E-state index is 13.4. The van der Waals surface area contributed by atoms with Gasteiger partial charge in [-0.25, -0.2) is 27.6 Å². The minimum absolute atomic E-state index is 0.0747. The van der Waals surface area contributed by atoms with E-state index in [1.807, 2.05) is 0 Å². The van der Waals surface area contributed by atoms with E-state index in [1.54, 1.807) is 24.2 Å². The molecular formula is C18H18F2N4OS. The third kappa shape index (κ3) is 3.38. The molecular weight excluding hydrogens is 358 g/mol. The van der Waals surface area contributed by atoms with E-state index >= 15 is 0 Å². The predicted octanol–water partition coefficient (Wildman–Crippen LogP) is 3.64. The van der Waals surface area contributed by atoms with Crippen LogP contribution in [0, 0.1) is 11.6 Å². The van der Waals surface area contributed by atoms with Crippen molar-refractivity contribution in [3.8, 4) is 0 Å². The summed E-state index contributed by atoms with van der Waals surface area (Å²) in [6, 6.07) is 3.59. The summed E-state index contributed by atoms with van der Waals surface area (Å²) < 4.78 is 29.2. The summed E-state index contributed by atoms with van der Waals surface area (Å²) in [5.41, 5.74) is 0.664. The second-order valence-electron chi connectivity index (χ2n) is 6.49. The Morgan fingerprint density at radius 1 is 1.15 bits per heavy atom. The molecule has 4 rings (SSSR count). The zero-order valence-corrected chi connectivity index (χ0v) is 14.9. The molecule has 1 saturated carbocycles. The van der Waals surface area contributed by atoms with Crippen molar-refractivity contribution in [1.29, 1.82) is 0 Å². The van der Waals surface area contributed by atoms with Gasteiger partial charge in [0.25, 0.3) is 0 Å². The first kappa shape index (κ1) is 17.2. The van der Waals surface area contributed by atoms with Crippen LogP contribution < -0.4 is 5.69 Å². The van der Waals surface area contributed by atoms with Gasteiger partial charge < -0.3 is 0 Å². The van der Waals surface area contributed by atoms with Crippen molar-refractivity contribution < 1.29 is 8.78 Å². The number of thioether (sulfide) groups is 1. The minimum Gasteiger partial charge on any atom is -0.246 e. The molecule has 8 heteroatoms. The quantitative estimate of drug-likeness (QED) is 0.698. The maximum Gasteiger partial charge on any atom is 0.350 e. The standard InChI is InChI=1S/C18H18F2N4OS/c19-14-7-6-12(10-15(14)20)11-24-18(25)23-9-8-21-17(16(23)22-24)26-13-4-2-1-3-5-13/h6-10,13H,1-5,11H2. The third-order valence-corrected chi connectivity index (χ3v) is 5.93. The fraction of sp³-hybridized carbons (Fsp3) is 0.389. The van der Waals surface area contributed by atoms with Gasteiger partial charge in [0, 0.05) is 17.6 Å². The lowest BCUT2D eigenvalue weighted by atomic mass is 10.0. The van der Waals surface area contributed by atoms with E-state index in [1.165, 1.54) is 34.4 Å². The van der Waals surface area contributed by atoms with E-state index < -0.39 is 11.6 Å². The Hall–Kier alpha value is -2.22. The largest absolute Gasteiger partial charge is 0.350 e. The Bertz CT molecular complexity index is 995. The first-order chi connectivity index (χ1) is 12.6. The number of nitrogens with zero attached hydrogens (tertiary/aromatic N) is 4. The highest BCUT2D eigenvalue weighted by Gasteiger charge is 2.19. The fourth-order valence-corrected chi connectivity index (χ4v) is 4.51. The topological polar surface area (TPSA) is 52.2 Å². The zero-order valence-electron chi connectivity index (χ0n) is 14.1. The molecule has 1 aliphatic carbocycles. The highest BCUT2D eigenvalue weighted by Crippen LogP contribution is 2.33. The van der Waals surface area contributed by atoms with Crippen molar-refractivity contribution in [3.63, 3.8) is 0 Å². The maximum atomic E-state index is 13.4. The Labute approximate surface area is 153 Å². The summed E-state index contributed by atoms with van der Waals surface area (Å²) in [6.07, 6.45) is 9.19. The number of hydrogen-bond acceptors (Lipinski definition) is 4. The molecule has 2 heterocycles. The van der Waals surface area contributed by atoms with Gasteiger partial charge in [-0.1, -0.05) is 37.1 Å². The average molecular weight is 376 g/mol. The number of aromatic nitrogens is 4. The molecule has 0 atom stereocenters. The summed E-state index contributed by atoms with van der Waals surface area (Å²) in [5, 5.41) is 5.62. The van der Waals surface area contributed by atoms with Gasteiger partial charge in [-0.05, 0) is 30.5 Å². The molecule has 1 aliphatic rings. The van der Waals surface area contributed by atoms with Crippen molar-refractivity contribution in [2.75, 3.05) is 0 Å². The molecule has 0 saturated heterocycles. The van der Waals surface area contributed by atoms with Gasteiger partial charge in [-0.2, -0.15) is 0 Å². The van der Waals surface area contributed by atoms with Crippen LogP contribution in [0.25, 0.3) is 5.65 Å². The second-order valence-corrected chi connectivity index (χ2v) is 7.78. The van der Waals surface area contributed by atoms with Crippen LogP contribution in [0.1, 0.15) is 37.7 Å². The molecule has 0 N–H and O–H groups in total. The number of benzene rings is 1. The SMILES string of the molecule is O=c1n(Cc2ccc(F)c(F)c2)nc2c(SC3CCCCC3)nccn12. The molecule has 1 aromatic carbocycles. The van der Waals surface area contributed by atoms with Gasteiger partial charge in [0.05, 0.1) is 6.54 Å². The third-order valence-electron chi connectivity index (χ3n) is 4.62. The molecule has 0 radical (unpaired) electrons. The number of rotatable bonds is 4. The van der Waals surface area contributed by atoms with Crippen LogP contribution in [0.15, 0.2) is 40.4 Å². The predicted molar refractivity (Wildman–Crippen MR) is 95.4 cm³/mol. The van der Waals surface area contributed by atoms with E-state index in [-0.39, 0.29) is 12.2 Å². The van der Waals surface area contributed by atoms with Crippen LogP contribution in [-0.4, -0.2) is 24.4 Å². The molecule has 0 bridgehead atoms. The molecule has 5 nitrogen and oxygen atoms in total. The smallest absolute Gasteiger partial charge is 0.246 e. The molecule has 1 fully saturated rings. The van der Waals surface area contributed by atoms with Gasteiger partial charge in [0.2, 0.25) is 0 Å². The molecule has 3 aromatic rings. The van der Waals surface area contributed by atoms with Gasteiger partial charge in [-0.3, -0.25) is 0 Å². The van der Waals surface area contributed by atoms with Crippen LogP contribution in [0.3, 0.4) is 0 Å². The van der Waals surface area contributed by atoms with Crippen molar-refractivity contribution >= 4 is 17.4 Å². The van der Waals surface area contributed by atoms with Gasteiger partial charge in [0.15, 0.2) is 17.3 Å². The summed E-state index contributed by atoms with van der Waals surface area (Å²) >= 11 is 1.67. The van der Waals surface area contributed by atoms with Gasteiger partial charge in [0.1, 0.15) is 5.03 Å². The summed E-state index contributed by atoms with van der Waals surface area (Å²) in [5.74, 6) is -1.85. The highest BCUT2D eigenvalue weighted by atomic mass is 32.2. The monoisotopic (exact) mass is 376 g/mol. The fourth-order valence-electron chi connectivity index (χ4n) is 3.26. The van der Waals surface area contributed by atoms with E-state index in [0.29, 0.717) is 16.5 Å². The van der Waals surface area contributed by atoms with Crippen LogP contribution in [0.4, 0.5) is 8.78 Å². The lowest BCUT2D eigenvalue weighted by molar-refractivity contribution is 0.505. The number of fused-ring (bicyclic) bond motifs is 1. The van der Waals surface area contributed by atoms with E-state index in [0.717, 1.165) is 30.0 Å². The van der Waals surface area contributed by atoms with E-state index in [9.17, 15) is 13.6 Å². The van der Waals surface area contributed by atoms with Crippen molar-refractivity contribution in [2.45, 2.75) is 48.9 Å². The zero-order chi connectivity index (χ0) is 18.1. The van der Waals surface area contributed by atoms with Crippen LogP contribution >= 0.6 is 11.8 Å². The summed E-state index contributed by atoms with van der Waals surface area (Å²) in [4.78, 5) is 17.0. The molecule has 2 aromatic heterocycles. The Balaban J connectivity index is 1.66. The van der Waals surface area contributed by atoms with Gasteiger partial charge >= 0.3 is 5.69 Å². The molecule has 0 unspecified atom stereocenters. The van der Waals surface area contributed by atoms with E-state index in [2.05, 4.69) is 10.1 Å². The first-order valence-electron chi connectivity index (χ1n) is 8.66. The number of halogens is 2. The Kier molecular flexibility index (Phi) is 4.76. The molecule has 0 amide bonds. The first-order valence-corrected chi connectivity index (χ1v) is 9.54. The highest BCUT2D eigenvalue weighted by molar-refractivity contribution is 8.00. The van der Waals surface area contributed by atoms with E-state index in [4.69, 9.17) is 0 Å². The van der Waals surface area contributed by atoms with Crippen LogP contribution in [0.5, 0.6) is 0 Å². The molecule has 0 spiro atoms. The van der Waals surface area contributed by atoms with Crippen LogP contribution in [0.2, 0.25) is 0 Å². The van der Waals surface area contributed by atoms with Crippen LogP contribution in [-0.2, 0) is 6.54 Å². The molecule has 136 valence electrons. The Morgan fingerprint density at radius 2 is 1.96 bits per heavy atom. The van der Waals surface area contributed by atoms with Crippen molar-refractivity contribution in [3.05, 3.63) is 58.3 Å². The second kappa shape index (κ2) is 7.19. The van der Waals surface area contributed by atoms with Gasteiger partial charge in [-0.15, -0.1) is 5.10 Å². The summed E-state index contributed by atoms with van der Waals surface area (Å²) in [7, 11) is 0.